The molecule has 1 heteroatoms. The van der Waals surface area contributed by atoms with Crippen molar-refractivity contribution in [1.29, 1.82) is 0 Å². The summed E-state index contributed by atoms with van der Waals surface area (Å²) < 4.78 is 0. The third-order valence-electron chi connectivity index (χ3n) is 4.31. The second-order valence-corrected chi connectivity index (χ2v) is 8.24. The number of ketones is 1. The van der Waals surface area contributed by atoms with Gasteiger partial charge in [-0.2, -0.15) is 0 Å². The van der Waals surface area contributed by atoms with Gasteiger partial charge in [0.1, 0.15) is 0 Å². The number of rotatable bonds is 6. The van der Waals surface area contributed by atoms with E-state index in [9.17, 15) is 4.79 Å². The van der Waals surface area contributed by atoms with Crippen LogP contribution in [0.25, 0.3) is 5.57 Å². The minimum absolute atomic E-state index is 0.103. The Morgan fingerprint density at radius 1 is 0.885 bits per heavy atom. The van der Waals surface area contributed by atoms with E-state index >= 15 is 0 Å². The highest BCUT2D eigenvalue weighted by Crippen LogP contribution is 2.26. The van der Waals surface area contributed by atoms with Crippen LogP contribution in [0.3, 0.4) is 0 Å². The first-order valence-electron chi connectivity index (χ1n) is 9.35. The third-order valence-corrected chi connectivity index (χ3v) is 4.31. The monoisotopic (exact) mass is 346 g/mol. The van der Waals surface area contributed by atoms with Gasteiger partial charge >= 0.3 is 0 Å². The summed E-state index contributed by atoms with van der Waals surface area (Å²) in [6, 6.07) is 18.5. The summed E-state index contributed by atoms with van der Waals surface area (Å²) >= 11 is 0. The molecule has 0 atom stereocenters. The van der Waals surface area contributed by atoms with Crippen LogP contribution in [0, 0.1) is 5.41 Å². The van der Waals surface area contributed by atoms with Crippen LogP contribution in [0.1, 0.15) is 68.9 Å². The average molecular weight is 347 g/mol. The number of benzene rings is 2. The highest BCUT2D eigenvalue weighted by atomic mass is 16.1. The van der Waals surface area contributed by atoms with Gasteiger partial charge in [0, 0.05) is 11.1 Å². The van der Waals surface area contributed by atoms with Crippen molar-refractivity contribution in [3.63, 3.8) is 0 Å². The van der Waals surface area contributed by atoms with E-state index in [1.54, 1.807) is 6.92 Å². The molecule has 1 nitrogen and oxygen atoms in total. The average Bonchev–Trinajstić information content (AvgIpc) is 2.58. The molecule has 0 aliphatic heterocycles. The standard InChI is InChI=1S/C25H30O/c1-19(18-25(3,4)5)17-24(12-11-21-9-7-6-8-10-21)23-15-13-22(14-16-23)20(2)26/h6-10,13-16H,11-12,18H2,1-5H3. The molecule has 0 aliphatic carbocycles. The van der Waals surface area contributed by atoms with Crippen molar-refractivity contribution < 1.29 is 4.79 Å². The van der Waals surface area contributed by atoms with Crippen LogP contribution in [0.4, 0.5) is 0 Å². The second kappa shape index (κ2) is 8.83. The number of carbonyl (C=O) groups is 1. The lowest BCUT2D eigenvalue weighted by Crippen LogP contribution is -2.04. The number of allylic oxidation sites excluding steroid dienone is 1. The molecule has 0 fully saturated rings. The first kappa shape index (κ1) is 19.9. The van der Waals surface area contributed by atoms with E-state index < -0.39 is 0 Å². The highest BCUT2D eigenvalue weighted by molar-refractivity contribution is 5.94. The topological polar surface area (TPSA) is 17.1 Å². The number of hydrogen-bond acceptors (Lipinski definition) is 1. The summed E-state index contributed by atoms with van der Waals surface area (Å²) in [5.74, 6) is 0.103. The maximum absolute atomic E-state index is 11.5. The maximum Gasteiger partial charge on any atom is 0.159 e. The molecule has 0 bridgehead atoms. The Hall–Kier alpha value is -2.37. The van der Waals surface area contributed by atoms with Crippen molar-refractivity contribution in [1.82, 2.24) is 0 Å². The fourth-order valence-corrected chi connectivity index (χ4v) is 3.20. The van der Waals surface area contributed by atoms with Crippen molar-refractivity contribution in [3.05, 3.63) is 82.6 Å². The first-order chi connectivity index (χ1) is 12.2. The Bertz CT molecular complexity index is 795. The predicted octanol–water partition coefficient (Wildman–Crippen LogP) is 6.89. The number of Topliss-reactive ketones (excluding diaryl/α,β-unsaturated/α-hetero) is 1. The molecule has 26 heavy (non-hydrogen) atoms. The Labute approximate surface area is 158 Å². The molecule has 0 unspecified atom stereocenters. The minimum Gasteiger partial charge on any atom is -0.295 e. The van der Waals surface area contributed by atoms with E-state index in [4.69, 9.17) is 0 Å². The van der Waals surface area contributed by atoms with Crippen LogP contribution < -0.4 is 0 Å². The number of carbonyl (C=O) groups excluding carboxylic acids is 1. The minimum atomic E-state index is 0.103. The summed E-state index contributed by atoms with van der Waals surface area (Å²) in [5, 5.41) is 0. The number of aryl methyl sites for hydroxylation is 1. The van der Waals surface area contributed by atoms with Gasteiger partial charge in [0.05, 0.1) is 0 Å². The predicted molar refractivity (Wildman–Crippen MR) is 111 cm³/mol. The van der Waals surface area contributed by atoms with Crippen LogP contribution >= 0.6 is 0 Å². The van der Waals surface area contributed by atoms with Gasteiger partial charge < -0.3 is 0 Å². The molecule has 0 saturated carbocycles. The summed E-state index contributed by atoms with van der Waals surface area (Å²) in [7, 11) is 0. The van der Waals surface area contributed by atoms with Crippen molar-refractivity contribution in [2.75, 3.05) is 0 Å². The quantitative estimate of drug-likeness (QED) is 0.411. The lowest BCUT2D eigenvalue weighted by molar-refractivity contribution is 0.101. The van der Waals surface area contributed by atoms with Crippen LogP contribution in [0.2, 0.25) is 0 Å². The molecular formula is C25H30O. The lowest BCUT2D eigenvalue weighted by atomic mass is 9.88. The molecule has 0 aliphatic rings. The molecule has 136 valence electrons. The third kappa shape index (κ3) is 6.50. The first-order valence-corrected chi connectivity index (χ1v) is 9.35. The SMILES string of the molecule is CC(=O)c1ccc(C(=C=C(C)CC(C)(C)C)CCc2ccccc2)cc1. The Kier molecular flexibility index (Phi) is 6.77. The largest absolute Gasteiger partial charge is 0.295 e. The zero-order valence-electron chi connectivity index (χ0n) is 16.7. The van der Waals surface area contributed by atoms with Gasteiger partial charge in [-0.3, -0.25) is 4.79 Å². The van der Waals surface area contributed by atoms with E-state index in [-0.39, 0.29) is 11.2 Å². The van der Waals surface area contributed by atoms with Gasteiger partial charge in [-0.15, -0.1) is 5.73 Å². The molecule has 0 saturated heterocycles. The second-order valence-electron chi connectivity index (χ2n) is 8.24. The van der Waals surface area contributed by atoms with Gasteiger partial charge in [0.2, 0.25) is 0 Å². The molecule has 0 spiro atoms. The van der Waals surface area contributed by atoms with E-state index in [1.807, 2.05) is 18.2 Å². The van der Waals surface area contributed by atoms with Crippen LogP contribution in [-0.2, 0) is 6.42 Å². The van der Waals surface area contributed by atoms with Crippen molar-refractivity contribution >= 4 is 11.4 Å². The van der Waals surface area contributed by atoms with Gasteiger partial charge in [0.25, 0.3) is 0 Å². The smallest absolute Gasteiger partial charge is 0.159 e. The summed E-state index contributed by atoms with van der Waals surface area (Å²) in [4.78, 5) is 11.5. The molecule has 0 N–H and O–H groups in total. The van der Waals surface area contributed by atoms with Gasteiger partial charge in [0.15, 0.2) is 5.78 Å². The molecule has 0 heterocycles. The van der Waals surface area contributed by atoms with Gasteiger partial charge in [-0.05, 0) is 55.2 Å². The van der Waals surface area contributed by atoms with Crippen LogP contribution in [0.15, 0.2) is 65.9 Å². The Morgan fingerprint density at radius 2 is 1.46 bits per heavy atom. The van der Waals surface area contributed by atoms with E-state index in [1.165, 1.54) is 16.7 Å². The molecule has 2 rings (SSSR count). The maximum atomic E-state index is 11.5. The fourth-order valence-electron chi connectivity index (χ4n) is 3.20. The molecule has 2 aromatic rings. The molecule has 2 aromatic carbocycles. The Balaban J connectivity index is 2.34. The van der Waals surface area contributed by atoms with Gasteiger partial charge in [-0.25, -0.2) is 0 Å². The van der Waals surface area contributed by atoms with E-state index in [0.29, 0.717) is 0 Å². The molecule has 0 aromatic heterocycles. The lowest BCUT2D eigenvalue weighted by Gasteiger charge is -2.17. The van der Waals surface area contributed by atoms with Crippen molar-refractivity contribution in [2.24, 2.45) is 5.41 Å². The van der Waals surface area contributed by atoms with E-state index in [0.717, 1.165) is 30.4 Å². The molecule has 0 amide bonds. The summed E-state index contributed by atoms with van der Waals surface area (Å²) in [5.41, 5.74) is 9.64. The molecule has 0 radical (unpaired) electrons. The number of hydrogen-bond donors (Lipinski definition) is 0. The zero-order chi connectivity index (χ0) is 19.2. The normalized spacial score (nSPS) is 11.0. The fraction of sp³-hybridized carbons (Fsp3) is 0.360. The molecular weight excluding hydrogens is 316 g/mol. The van der Waals surface area contributed by atoms with Crippen LogP contribution in [-0.4, -0.2) is 5.78 Å². The zero-order valence-corrected chi connectivity index (χ0v) is 16.7. The summed E-state index contributed by atoms with van der Waals surface area (Å²) in [6.07, 6.45) is 2.94. The van der Waals surface area contributed by atoms with E-state index in [2.05, 4.69) is 69.8 Å². The van der Waals surface area contributed by atoms with Crippen molar-refractivity contribution in [3.8, 4) is 0 Å². The highest BCUT2D eigenvalue weighted by Gasteiger charge is 2.11. The van der Waals surface area contributed by atoms with Crippen LogP contribution in [0.5, 0.6) is 0 Å². The Morgan fingerprint density at radius 3 is 2.00 bits per heavy atom. The summed E-state index contributed by atoms with van der Waals surface area (Å²) in [6.45, 7) is 10.5. The van der Waals surface area contributed by atoms with Gasteiger partial charge in [-0.1, -0.05) is 75.4 Å². The van der Waals surface area contributed by atoms with Crippen molar-refractivity contribution in [2.45, 2.75) is 53.9 Å².